The van der Waals surface area contributed by atoms with Crippen molar-refractivity contribution in [2.75, 3.05) is 7.11 Å². The number of aromatic amines is 1. The van der Waals surface area contributed by atoms with E-state index in [0.717, 1.165) is 11.3 Å². The van der Waals surface area contributed by atoms with Crippen LogP contribution in [-0.2, 0) is 16.1 Å². The van der Waals surface area contributed by atoms with Crippen LogP contribution in [0.25, 0.3) is 10.9 Å². The van der Waals surface area contributed by atoms with Gasteiger partial charge >= 0.3 is 5.97 Å². The molecule has 114 valence electrons. The Labute approximate surface area is 129 Å². The number of hydrogen-bond acceptors (Lipinski definition) is 3. The highest BCUT2D eigenvalue weighted by Crippen LogP contribution is 2.20. The standard InChI is InChI=1S/C15H13NO.C3H6O2/c1-2-4-12(5-3-1)11-17-14-7-6-13-8-9-16-15(13)10-14;1-3(4)5-2/h1-10,16H,11H2;1-2H3. The van der Waals surface area contributed by atoms with Gasteiger partial charge in [0.2, 0.25) is 0 Å². The summed E-state index contributed by atoms with van der Waals surface area (Å²) in [6.07, 6.45) is 1.94. The summed E-state index contributed by atoms with van der Waals surface area (Å²) in [5, 5.41) is 1.21. The third-order valence-corrected chi connectivity index (χ3v) is 3.06. The average Bonchev–Trinajstić information content (AvgIpc) is 3.02. The molecule has 4 heteroatoms. The normalized spacial score (nSPS) is 9.73. The number of methoxy groups -OCH3 is 1. The van der Waals surface area contributed by atoms with E-state index in [9.17, 15) is 4.79 Å². The van der Waals surface area contributed by atoms with E-state index in [1.54, 1.807) is 0 Å². The van der Waals surface area contributed by atoms with Crippen molar-refractivity contribution in [3.8, 4) is 5.75 Å². The van der Waals surface area contributed by atoms with E-state index in [4.69, 9.17) is 4.74 Å². The van der Waals surface area contributed by atoms with Crippen molar-refractivity contribution in [3.05, 3.63) is 66.4 Å². The molecule has 0 unspecified atom stereocenters. The van der Waals surface area contributed by atoms with Crippen LogP contribution in [0.1, 0.15) is 12.5 Å². The van der Waals surface area contributed by atoms with Crippen molar-refractivity contribution >= 4 is 16.9 Å². The van der Waals surface area contributed by atoms with Crippen LogP contribution in [0.2, 0.25) is 0 Å². The number of benzene rings is 2. The molecule has 2 aromatic carbocycles. The van der Waals surface area contributed by atoms with Gasteiger partial charge in [0.15, 0.2) is 0 Å². The first-order chi connectivity index (χ1) is 10.7. The van der Waals surface area contributed by atoms with Gasteiger partial charge in [0.1, 0.15) is 12.4 Å². The van der Waals surface area contributed by atoms with Gasteiger partial charge in [-0.05, 0) is 29.1 Å². The lowest BCUT2D eigenvalue weighted by molar-refractivity contribution is -0.137. The number of rotatable bonds is 3. The highest BCUT2D eigenvalue weighted by atomic mass is 16.5. The lowest BCUT2D eigenvalue weighted by Gasteiger charge is -2.06. The van der Waals surface area contributed by atoms with Gasteiger partial charge < -0.3 is 14.5 Å². The first-order valence-corrected chi connectivity index (χ1v) is 6.97. The maximum atomic E-state index is 9.59. The summed E-state index contributed by atoms with van der Waals surface area (Å²) in [5.74, 6) is 0.647. The van der Waals surface area contributed by atoms with Crippen molar-refractivity contribution < 1.29 is 14.3 Å². The third kappa shape index (κ3) is 4.66. The van der Waals surface area contributed by atoms with Gasteiger partial charge in [-0.2, -0.15) is 0 Å². The van der Waals surface area contributed by atoms with Crippen molar-refractivity contribution in [1.82, 2.24) is 4.98 Å². The molecule has 3 rings (SSSR count). The summed E-state index contributed by atoms with van der Waals surface area (Å²) in [6, 6.07) is 18.3. The molecule has 3 aromatic rings. The van der Waals surface area contributed by atoms with Gasteiger partial charge in [-0.1, -0.05) is 30.3 Å². The number of carbonyl (C=O) groups is 1. The molecule has 4 nitrogen and oxygen atoms in total. The molecule has 0 bridgehead atoms. The number of H-pyrrole nitrogens is 1. The number of aromatic nitrogens is 1. The highest BCUT2D eigenvalue weighted by molar-refractivity contribution is 5.80. The van der Waals surface area contributed by atoms with Crippen LogP contribution in [0, 0.1) is 0 Å². The topological polar surface area (TPSA) is 51.3 Å². The number of fused-ring (bicyclic) bond motifs is 1. The second kappa shape index (κ2) is 7.88. The Morgan fingerprint density at radius 3 is 2.50 bits per heavy atom. The minimum atomic E-state index is -0.245. The molecule has 0 aliphatic carbocycles. The molecule has 22 heavy (non-hydrogen) atoms. The van der Waals surface area contributed by atoms with E-state index in [-0.39, 0.29) is 5.97 Å². The minimum Gasteiger partial charge on any atom is -0.489 e. The van der Waals surface area contributed by atoms with E-state index in [1.807, 2.05) is 36.5 Å². The second-order valence-corrected chi connectivity index (χ2v) is 4.70. The summed E-state index contributed by atoms with van der Waals surface area (Å²) in [6.45, 7) is 1.97. The summed E-state index contributed by atoms with van der Waals surface area (Å²) in [7, 11) is 1.35. The smallest absolute Gasteiger partial charge is 0.302 e. The molecular weight excluding hydrogens is 278 g/mol. The molecule has 0 amide bonds. The Bertz CT molecular complexity index is 719. The Kier molecular flexibility index (Phi) is 5.60. The van der Waals surface area contributed by atoms with Crippen molar-refractivity contribution in [3.63, 3.8) is 0 Å². The Morgan fingerprint density at radius 2 is 1.82 bits per heavy atom. The van der Waals surface area contributed by atoms with Crippen molar-refractivity contribution in [2.45, 2.75) is 13.5 Å². The Hall–Kier alpha value is -2.75. The lowest BCUT2D eigenvalue weighted by Crippen LogP contribution is -1.94. The zero-order valence-corrected chi connectivity index (χ0v) is 12.7. The van der Waals surface area contributed by atoms with Crippen LogP contribution in [0.3, 0.4) is 0 Å². The summed E-state index contributed by atoms with van der Waals surface area (Å²) in [5.41, 5.74) is 2.29. The fourth-order valence-electron chi connectivity index (χ4n) is 1.86. The van der Waals surface area contributed by atoms with Crippen LogP contribution in [0.15, 0.2) is 60.8 Å². The van der Waals surface area contributed by atoms with Gasteiger partial charge in [0.25, 0.3) is 0 Å². The molecule has 1 heterocycles. The van der Waals surface area contributed by atoms with E-state index >= 15 is 0 Å². The van der Waals surface area contributed by atoms with Gasteiger partial charge in [0.05, 0.1) is 7.11 Å². The van der Waals surface area contributed by atoms with E-state index in [0.29, 0.717) is 6.61 Å². The van der Waals surface area contributed by atoms with E-state index in [1.165, 1.54) is 25.0 Å². The second-order valence-electron chi connectivity index (χ2n) is 4.70. The SMILES string of the molecule is COC(C)=O.c1ccc(COc2ccc3cc[nH]c3c2)cc1. The van der Waals surface area contributed by atoms with Crippen LogP contribution in [0.4, 0.5) is 0 Å². The van der Waals surface area contributed by atoms with Gasteiger partial charge in [-0.25, -0.2) is 0 Å². The Balaban J connectivity index is 0.000000309. The molecule has 0 atom stereocenters. The number of carbonyl (C=O) groups excluding carboxylic acids is 1. The Morgan fingerprint density at radius 1 is 1.09 bits per heavy atom. The fourth-order valence-corrected chi connectivity index (χ4v) is 1.86. The van der Waals surface area contributed by atoms with Gasteiger partial charge in [-0.3, -0.25) is 4.79 Å². The van der Waals surface area contributed by atoms with Gasteiger partial charge in [-0.15, -0.1) is 0 Å². The molecule has 1 aromatic heterocycles. The maximum absolute atomic E-state index is 9.59. The number of nitrogens with one attached hydrogen (secondary N) is 1. The highest BCUT2D eigenvalue weighted by Gasteiger charge is 1.98. The van der Waals surface area contributed by atoms with Crippen molar-refractivity contribution in [1.29, 1.82) is 0 Å². The molecule has 0 aliphatic heterocycles. The summed E-state index contributed by atoms with van der Waals surface area (Å²) >= 11 is 0. The molecule has 0 fully saturated rings. The van der Waals surface area contributed by atoms with Crippen LogP contribution in [-0.4, -0.2) is 18.1 Å². The molecular formula is C18H19NO3. The first kappa shape index (κ1) is 15.6. The molecule has 0 saturated carbocycles. The number of hydrogen-bond donors (Lipinski definition) is 1. The minimum absolute atomic E-state index is 0.245. The average molecular weight is 297 g/mol. The molecule has 0 aliphatic rings. The van der Waals surface area contributed by atoms with E-state index < -0.39 is 0 Å². The zero-order valence-electron chi connectivity index (χ0n) is 12.7. The predicted molar refractivity (Wildman–Crippen MR) is 86.8 cm³/mol. The van der Waals surface area contributed by atoms with E-state index in [2.05, 4.69) is 34.0 Å². The van der Waals surface area contributed by atoms with Gasteiger partial charge in [0, 0.05) is 24.7 Å². The summed E-state index contributed by atoms with van der Waals surface area (Å²) in [4.78, 5) is 12.8. The number of ether oxygens (including phenoxy) is 2. The maximum Gasteiger partial charge on any atom is 0.302 e. The monoisotopic (exact) mass is 297 g/mol. The quantitative estimate of drug-likeness (QED) is 0.745. The fraction of sp³-hybridized carbons (Fsp3) is 0.167. The lowest BCUT2D eigenvalue weighted by atomic mass is 10.2. The first-order valence-electron chi connectivity index (χ1n) is 6.97. The van der Waals surface area contributed by atoms with Crippen molar-refractivity contribution in [2.24, 2.45) is 0 Å². The molecule has 0 radical (unpaired) electrons. The zero-order chi connectivity index (χ0) is 15.8. The predicted octanol–water partition coefficient (Wildman–Crippen LogP) is 3.93. The van der Waals surface area contributed by atoms with Crippen LogP contribution >= 0.6 is 0 Å². The third-order valence-electron chi connectivity index (χ3n) is 3.06. The van der Waals surface area contributed by atoms with Crippen LogP contribution in [0.5, 0.6) is 5.75 Å². The molecule has 1 N–H and O–H groups in total. The van der Waals surface area contributed by atoms with Crippen LogP contribution < -0.4 is 4.74 Å². The molecule has 0 saturated heterocycles. The summed E-state index contributed by atoms with van der Waals surface area (Å²) < 4.78 is 9.86. The molecule has 0 spiro atoms. The number of esters is 1. The largest absolute Gasteiger partial charge is 0.489 e.